The van der Waals surface area contributed by atoms with E-state index in [0.717, 1.165) is 36.4 Å². The minimum atomic E-state index is -0.125. The van der Waals surface area contributed by atoms with Crippen molar-refractivity contribution < 1.29 is 9.53 Å². The number of para-hydroxylation sites is 1. The van der Waals surface area contributed by atoms with Gasteiger partial charge in [0.2, 0.25) is 0 Å². The van der Waals surface area contributed by atoms with Crippen LogP contribution in [0.1, 0.15) is 27.9 Å². The van der Waals surface area contributed by atoms with Gasteiger partial charge in [0.1, 0.15) is 5.75 Å². The van der Waals surface area contributed by atoms with Crippen molar-refractivity contribution in [1.82, 2.24) is 10.3 Å². The van der Waals surface area contributed by atoms with Crippen molar-refractivity contribution in [1.29, 1.82) is 0 Å². The molecule has 3 aromatic rings. The summed E-state index contributed by atoms with van der Waals surface area (Å²) in [4.78, 5) is 16.6. The second-order valence-corrected chi connectivity index (χ2v) is 6.80. The first-order valence-corrected chi connectivity index (χ1v) is 9.89. The van der Waals surface area contributed by atoms with Crippen LogP contribution in [0.25, 0.3) is 0 Å². The molecule has 5 nitrogen and oxygen atoms in total. The molecule has 0 spiro atoms. The second kappa shape index (κ2) is 10.9. The van der Waals surface area contributed by atoms with Crippen molar-refractivity contribution in [3.8, 4) is 5.75 Å². The van der Waals surface area contributed by atoms with Gasteiger partial charge in [0.25, 0.3) is 5.91 Å². The number of ether oxygens (including phenoxy) is 1. The summed E-state index contributed by atoms with van der Waals surface area (Å²) in [6, 6.07) is 20.1. The molecule has 0 bridgehead atoms. The highest BCUT2D eigenvalue weighted by atomic mass is 16.5. The molecule has 2 N–H and O–H groups in total. The Balaban J connectivity index is 1.45. The summed E-state index contributed by atoms with van der Waals surface area (Å²) in [5.74, 6) is 0.713. The van der Waals surface area contributed by atoms with Crippen molar-refractivity contribution in [3.63, 3.8) is 0 Å². The quantitative estimate of drug-likeness (QED) is 0.512. The highest BCUT2D eigenvalue weighted by Crippen LogP contribution is 2.17. The van der Waals surface area contributed by atoms with Crippen LogP contribution < -0.4 is 15.4 Å². The number of amides is 1. The number of benzene rings is 2. The fourth-order valence-corrected chi connectivity index (χ4v) is 3.15. The van der Waals surface area contributed by atoms with Crippen molar-refractivity contribution in [2.45, 2.75) is 19.3 Å². The zero-order chi connectivity index (χ0) is 20.3. The Kier molecular flexibility index (Phi) is 7.63. The minimum absolute atomic E-state index is 0.125. The molecule has 3 rings (SSSR count). The first-order chi connectivity index (χ1) is 14.3. The Labute approximate surface area is 172 Å². The summed E-state index contributed by atoms with van der Waals surface area (Å²) in [6.07, 6.45) is 6.08. The number of nitrogens with one attached hydrogen (secondary N) is 2. The molecule has 0 unspecified atom stereocenters. The lowest BCUT2D eigenvalue weighted by Crippen LogP contribution is -2.26. The highest BCUT2D eigenvalue weighted by Gasteiger charge is 2.08. The van der Waals surface area contributed by atoms with Gasteiger partial charge in [0.15, 0.2) is 0 Å². The van der Waals surface area contributed by atoms with Crippen LogP contribution in [0, 0.1) is 0 Å². The van der Waals surface area contributed by atoms with E-state index in [0.29, 0.717) is 18.5 Å². The Hall–Kier alpha value is -3.34. The molecule has 1 amide bonds. The molecule has 0 aliphatic rings. The predicted octanol–water partition coefficient (Wildman–Crippen LogP) is 4.11. The summed E-state index contributed by atoms with van der Waals surface area (Å²) >= 11 is 0. The van der Waals surface area contributed by atoms with Gasteiger partial charge in [-0.05, 0) is 42.5 Å². The average molecular weight is 389 g/mol. The zero-order valence-corrected chi connectivity index (χ0v) is 16.7. The van der Waals surface area contributed by atoms with E-state index < -0.39 is 0 Å². The molecule has 1 heterocycles. The Morgan fingerprint density at radius 2 is 1.76 bits per heavy atom. The van der Waals surface area contributed by atoms with Gasteiger partial charge in [0, 0.05) is 25.5 Å². The monoisotopic (exact) mass is 389 g/mol. The lowest BCUT2D eigenvalue weighted by atomic mass is 10.1. The van der Waals surface area contributed by atoms with Crippen LogP contribution in [-0.2, 0) is 12.8 Å². The maximum Gasteiger partial charge on any atom is 0.252 e. The van der Waals surface area contributed by atoms with Crippen molar-refractivity contribution in [2.24, 2.45) is 0 Å². The molecule has 0 fully saturated rings. The van der Waals surface area contributed by atoms with Gasteiger partial charge in [-0.3, -0.25) is 9.78 Å². The largest absolute Gasteiger partial charge is 0.496 e. The number of hydrogen-bond acceptors (Lipinski definition) is 4. The van der Waals surface area contributed by atoms with Gasteiger partial charge < -0.3 is 15.4 Å². The van der Waals surface area contributed by atoms with E-state index in [9.17, 15) is 4.79 Å². The highest BCUT2D eigenvalue weighted by molar-refractivity contribution is 5.94. The van der Waals surface area contributed by atoms with E-state index in [1.54, 1.807) is 19.5 Å². The molecular weight excluding hydrogens is 362 g/mol. The number of rotatable bonds is 10. The lowest BCUT2D eigenvalue weighted by Gasteiger charge is -2.10. The number of anilines is 1. The average Bonchev–Trinajstić information content (AvgIpc) is 2.78. The van der Waals surface area contributed by atoms with Crippen molar-refractivity contribution in [3.05, 3.63) is 89.7 Å². The van der Waals surface area contributed by atoms with Crippen LogP contribution in [0.5, 0.6) is 5.75 Å². The molecular formula is C24H27N3O2. The van der Waals surface area contributed by atoms with Crippen molar-refractivity contribution in [2.75, 3.05) is 25.5 Å². The van der Waals surface area contributed by atoms with E-state index in [1.165, 1.54) is 5.56 Å². The van der Waals surface area contributed by atoms with E-state index in [2.05, 4.69) is 39.9 Å². The Bertz CT molecular complexity index is 913. The molecule has 5 heteroatoms. The molecule has 0 atom stereocenters. The fourth-order valence-electron chi connectivity index (χ4n) is 3.15. The maximum absolute atomic E-state index is 12.4. The predicted molar refractivity (Wildman–Crippen MR) is 117 cm³/mol. The zero-order valence-electron chi connectivity index (χ0n) is 16.7. The number of pyridine rings is 1. The third kappa shape index (κ3) is 6.35. The molecule has 0 aliphatic carbocycles. The molecule has 0 aliphatic heterocycles. The second-order valence-electron chi connectivity index (χ2n) is 6.80. The topological polar surface area (TPSA) is 63.2 Å². The molecule has 0 radical (unpaired) electrons. The smallest absolute Gasteiger partial charge is 0.252 e. The minimum Gasteiger partial charge on any atom is -0.496 e. The number of aryl methyl sites for hydroxylation is 1. The van der Waals surface area contributed by atoms with Gasteiger partial charge in [-0.15, -0.1) is 0 Å². The van der Waals surface area contributed by atoms with E-state index in [4.69, 9.17) is 4.74 Å². The van der Waals surface area contributed by atoms with Crippen LogP contribution in [0.3, 0.4) is 0 Å². The van der Waals surface area contributed by atoms with Crippen LogP contribution in [-0.4, -0.2) is 31.1 Å². The van der Waals surface area contributed by atoms with Crippen LogP contribution >= 0.6 is 0 Å². The number of carbonyl (C=O) groups is 1. The summed E-state index contributed by atoms with van der Waals surface area (Å²) in [6.45, 7) is 1.36. The summed E-state index contributed by atoms with van der Waals surface area (Å²) in [5, 5.41) is 6.30. The number of hydrogen-bond donors (Lipinski definition) is 2. The van der Waals surface area contributed by atoms with E-state index in [1.807, 2.05) is 36.4 Å². The number of carbonyl (C=O) groups excluding carboxylic acids is 1. The molecule has 1 aromatic heterocycles. The number of methoxy groups -OCH3 is 1. The van der Waals surface area contributed by atoms with Gasteiger partial charge in [-0.2, -0.15) is 0 Å². The first-order valence-electron chi connectivity index (χ1n) is 9.89. The summed E-state index contributed by atoms with van der Waals surface area (Å²) in [5.41, 5.74) is 3.81. The summed E-state index contributed by atoms with van der Waals surface area (Å²) < 4.78 is 5.35. The normalized spacial score (nSPS) is 10.4. The van der Waals surface area contributed by atoms with E-state index >= 15 is 0 Å². The fraction of sp³-hybridized carbons (Fsp3) is 0.250. The van der Waals surface area contributed by atoms with Gasteiger partial charge >= 0.3 is 0 Å². The van der Waals surface area contributed by atoms with Crippen molar-refractivity contribution >= 4 is 11.6 Å². The van der Waals surface area contributed by atoms with Gasteiger partial charge in [-0.25, -0.2) is 0 Å². The third-order valence-electron chi connectivity index (χ3n) is 4.69. The maximum atomic E-state index is 12.4. The number of aromatic nitrogens is 1. The van der Waals surface area contributed by atoms with Gasteiger partial charge in [-0.1, -0.05) is 48.5 Å². The van der Waals surface area contributed by atoms with E-state index in [-0.39, 0.29) is 5.91 Å². The SMILES string of the molecule is COc1ccccc1CCNC(=O)c1cncc(NCCCc2ccccc2)c1. The van der Waals surface area contributed by atoms with Crippen LogP contribution in [0.4, 0.5) is 5.69 Å². The Morgan fingerprint density at radius 1 is 0.966 bits per heavy atom. The summed E-state index contributed by atoms with van der Waals surface area (Å²) in [7, 11) is 1.65. The first kappa shape index (κ1) is 20.4. The Morgan fingerprint density at radius 3 is 2.59 bits per heavy atom. The van der Waals surface area contributed by atoms with Gasteiger partial charge in [0.05, 0.1) is 18.4 Å². The number of nitrogens with zero attached hydrogens (tertiary/aromatic N) is 1. The molecule has 0 saturated heterocycles. The van der Waals surface area contributed by atoms with Crippen LogP contribution in [0.15, 0.2) is 73.1 Å². The molecule has 150 valence electrons. The standard InChI is InChI=1S/C24H27N3O2/c1-29-23-12-6-5-11-20(23)13-15-27-24(28)21-16-22(18-25-17-21)26-14-7-10-19-8-3-2-4-9-19/h2-6,8-9,11-12,16-18,26H,7,10,13-15H2,1H3,(H,27,28). The van der Waals surface area contributed by atoms with Crippen LogP contribution in [0.2, 0.25) is 0 Å². The lowest BCUT2D eigenvalue weighted by molar-refractivity contribution is 0.0953. The molecule has 0 saturated carbocycles. The molecule has 29 heavy (non-hydrogen) atoms. The third-order valence-corrected chi connectivity index (χ3v) is 4.69. The molecule has 2 aromatic carbocycles.